The SMILES string of the molecule is CC1OC2=CC(=O)CC(=O)C2=C(O)C1C. The van der Waals surface area contributed by atoms with Crippen LogP contribution in [0.4, 0.5) is 0 Å². The molecule has 0 saturated carbocycles. The lowest BCUT2D eigenvalue weighted by Crippen LogP contribution is -2.32. The lowest BCUT2D eigenvalue weighted by molar-refractivity contribution is -0.124. The van der Waals surface area contributed by atoms with E-state index in [0.29, 0.717) is 0 Å². The maximum absolute atomic E-state index is 11.5. The van der Waals surface area contributed by atoms with Gasteiger partial charge >= 0.3 is 0 Å². The summed E-state index contributed by atoms with van der Waals surface area (Å²) in [6.45, 7) is 3.58. The minimum atomic E-state index is -0.353. The zero-order valence-electron chi connectivity index (χ0n) is 8.61. The number of carbonyl (C=O) groups excluding carboxylic acids is 2. The highest BCUT2D eigenvalue weighted by molar-refractivity contribution is 6.17. The summed E-state index contributed by atoms with van der Waals surface area (Å²) in [5.74, 6) is -0.576. The lowest BCUT2D eigenvalue weighted by Gasteiger charge is -2.31. The highest BCUT2D eigenvalue weighted by atomic mass is 16.5. The maximum Gasteiger partial charge on any atom is 0.177 e. The number of ketones is 2. The summed E-state index contributed by atoms with van der Waals surface area (Å²) in [6.07, 6.45) is 0.890. The number of ether oxygens (including phenoxy) is 1. The van der Waals surface area contributed by atoms with Crippen molar-refractivity contribution in [2.75, 3.05) is 0 Å². The third-order valence-electron chi connectivity index (χ3n) is 2.86. The van der Waals surface area contributed by atoms with Crippen LogP contribution < -0.4 is 0 Å². The van der Waals surface area contributed by atoms with Gasteiger partial charge in [0.1, 0.15) is 17.6 Å². The molecule has 4 heteroatoms. The molecule has 2 atom stereocenters. The van der Waals surface area contributed by atoms with Gasteiger partial charge in [0.2, 0.25) is 0 Å². The van der Waals surface area contributed by atoms with Gasteiger partial charge in [-0.1, -0.05) is 6.92 Å². The van der Waals surface area contributed by atoms with Crippen LogP contribution in [0.25, 0.3) is 0 Å². The van der Waals surface area contributed by atoms with E-state index in [1.807, 2.05) is 0 Å². The molecule has 1 N–H and O–H groups in total. The van der Waals surface area contributed by atoms with Crippen LogP contribution in [-0.2, 0) is 14.3 Å². The van der Waals surface area contributed by atoms with Gasteiger partial charge in [0.25, 0.3) is 0 Å². The van der Waals surface area contributed by atoms with Crippen molar-refractivity contribution in [3.8, 4) is 0 Å². The third-order valence-corrected chi connectivity index (χ3v) is 2.86. The number of aliphatic hydroxyl groups is 1. The molecule has 80 valence electrons. The fourth-order valence-electron chi connectivity index (χ4n) is 1.77. The molecule has 0 amide bonds. The predicted molar refractivity (Wildman–Crippen MR) is 52.1 cm³/mol. The van der Waals surface area contributed by atoms with Crippen LogP contribution in [0.5, 0.6) is 0 Å². The van der Waals surface area contributed by atoms with Crippen molar-refractivity contribution in [3.05, 3.63) is 23.2 Å². The van der Waals surface area contributed by atoms with Crippen molar-refractivity contribution in [1.29, 1.82) is 0 Å². The monoisotopic (exact) mass is 208 g/mol. The molecule has 0 bridgehead atoms. The van der Waals surface area contributed by atoms with E-state index in [2.05, 4.69) is 0 Å². The van der Waals surface area contributed by atoms with Gasteiger partial charge in [0.15, 0.2) is 11.6 Å². The van der Waals surface area contributed by atoms with E-state index >= 15 is 0 Å². The Kier molecular flexibility index (Phi) is 2.14. The standard InChI is InChI=1S/C11H12O4/c1-5-6(2)15-9-4-7(12)3-8(13)10(9)11(5)14/h4-6,14H,3H2,1-2H3. The minimum absolute atomic E-state index is 0.0394. The molecule has 2 aliphatic rings. The lowest BCUT2D eigenvalue weighted by atomic mass is 9.88. The molecular formula is C11H12O4. The van der Waals surface area contributed by atoms with Gasteiger partial charge in [-0.2, -0.15) is 0 Å². The Balaban J connectivity index is 2.55. The molecule has 0 fully saturated rings. The summed E-state index contributed by atoms with van der Waals surface area (Å²) in [4.78, 5) is 22.7. The number of Topliss-reactive ketones (excluding diaryl/α,β-unsaturated/α-hetero) is 1. The summed E-state index contributed by atoms with van der Waals surface area (Å²) in [6, 6.07) is 0. The summed E-state index contributed by atoms with van der Waals surface area (Å²) in [5, 5.41) is 9.83. The first-order valence-corrected chi connectivity index (χ1v) is 4.88. The minimum Gasteiger partial charge on any atom is -0.511 e. The second-order valence-corrected chi connectivity index (χ2v) is 3.95. The molecule has 1 heterocycles. The van der Waals surface area contributed by atoms with Crippen LogP contribution in [0.15, 0.2) is 23.2 Å². The summed E-state index contributed by atoms with van der Waals surface area (Å²) < 4.78 is 5.42. The molecule has 1 aliphatic heterocycles. The molecule has 4 nitrogen and oxygen atoms in total. The second-order valence-electron chi connectivity index (χ2n) is 3.95. The van der Waals surface area contributed by atoms with Crippen molar-refractivity contribution in [2.45, 2.75) is 26.4 Å². The number of aliphatic hydroxyl groups excluding tert-OH is 1. The average Bonchev–Trinajstić information content (AvgIpc) is 2.13. The Morgan fingerprint density at radius 3 is 2.73 bits per heavy atom. The number of hydrogen-bond acceptors (Lipinski definition) is 4. The average molecular weight is 208 g/mol. The van der Waals surface area contributed by atoms with Gasteiger partial charge in [-0.25, -0.2) is 0 Å². The van der Waals surface area contributed by atoms with Crippen molar-refractivity contribution in [2.24, 2.45) is 5.92 Å². The molecular weight excluding hydrogens is 196 g/mol. The van der Waals surface area contributed by atoms with Crippen molar-refractivity contribution in [1.82, 2.24) is 0 Å². The van der Waals surface area contributed by atoms with Gasteiger partial charge in [-0.3, -0.25) is 9.59 Å². The first-order chi connectivity index (χ1) is 7.00. The zero-order valence-corrected chi connectivity index (χ0v) is 8.61. The van der Waals surface area contributed by atoms with Crippen LogP contribution in [0.1, 0.15) is 20.3 Å². The van der Waals surface area contributed by atoms with Gasteiger partial charge in [0, 0.05) is 6.08 Å². The highest BCUT2D eigenvalue weighted by Crippen LogP contribution is 2.34. The van der Waals surface area contributed by atoms with Gasteiger partial charge in [-0.15, -0.1) is 0 Å². The predicted octanol–water partition coefficient (Wildman–Crippen LogP) is 1.28. The smallest absolute Gasteiger partial charge is 0.177 e. The van der Waals surface area contributed by atoms with E-state index < -0.39 is 0 Å². The first-order valence-electron chi connectivity index (χ1n) is 4.88. The normalized spacial score (nSPS) is 30.9. The van der Waals surface area contributed by atoms with Crippen LogP contribution >= 0.6 is 0 Å². The summed E-state index contributed by atoms with van der Waals surface area (Å²) >= 11 is 0. The molecule has 0 aromatic carbocycles. The van der Waals surface area contributed by atoms with Crippen molar-refractivity contribution < 1.29 is 19.4 Å². The number of allylic oxidation sites excluding steroid dienone is 2. The molecule has 0 saturated heterocycles. The zero-order chi connectivity index (χ0) is 11.2. The van der Waals surface area contributed by atoms with E-state index in [4.69, 9.17) is 4.74 Å². The van der Waals surface area contributed by atoms with E-state index in [1.54, 1.807) is 13.8 Å². The van der Waals surface area contributed by atoms with E-state index in [-0.39, 0.29) is 47.1 Å². The van der Waals surface area contributed by atoms with Crippen molar-refractivity contribution >= 4 is 11.6 Å². The quantitative estimate of drug-likeness (QED) is 0.609. The molecule has 2 unspecified atom stereocenters. The fraction of sp³-hybridized carbons (Fsp3) is 0.455. The summed E-state index contributed by atoms with van der Waals surface area (Å²) in [7, 11) is 0. The third kappa shape index (κ3) is 1.46. The largest absolute Gasteiger partial charge is 0.511 e. The van der Waals surface area contributed by atoms with Gasteiger partial charge in [0.05, 0.1) is 17.9 Å². The van der Waals surface area contributed by atoms with Crippen LogP contribution in [0, 0.1) is 5.92 Å². The van der Waals surface area contributed by atoms with Crippen LogP contribution in [-0.4, -0.2) is 22.8 Å². The Labute approximate surface area is 87.2 Å². The fourth-order valence-corrected chi connectivity index (χ4v) is 1.77. The second kappa shape index (κ2) is 3.22. The number of fused-ring (bicyclic) bond motifs is 1. The van der Waals surface area contributed by atoms with E-state index in [0.717, 1.165) is 0 Å². The van der Waals surface area contributed by atoms with Crippen LogP contribution in [0.2, 0.25) is 0 Å². The Bertz CT molecular complexity index is 403. The Morgan fingerprint density at radius 2 is 2.07 bits per heavy atom. The van der Waals surface area contributed by atoms with Gasteiger partial charge < -0.3 is 9.84 Å². The molecule has 2 rings (SSSR count). The van der Waals surface area contributed by atoms with Crippen molar-refractivity contribution in [3.63, 3.8) is 0 Å². The van der Waals surface area contributed by atoms with Crippen LogP contribution in [0.3, 0.4) is 0 Å². The van der Waals surface area contributed by atoms with E-state index in [1.165, 1.54) is 6.08 Å². The molecule has 0 aromatic heterocycles. The number of hydrogen-bond donors (Lipinski definition) is 1. The molecule has 0 aromatic rings. The van der Waals surface area contributed by atoms with Gasteiger partial charge in [-0.05, 0) is 6.92 Å². The molecule has 1 aliphatic carbocycles. The topological polar surface area (TPSA) is 63.6 Å². The first kappa shape index (κ1) is 9.96. The Hall–Kier alpha value is -1.58. The maximum atomic E-state index is 11.5. The highest BCUT2D eigenvalue weighted by Gasteiger charge is 2.36. The molecule has 0 radical (unpaired) electrons. The summed E-state index contributed by atoms with van der Waals surface area (Å²) in [5.41, 5.74) is 0.181. The van der Waals surface area contributed by atoms with E-state index in [9.17, 15) is 14.7 Å². The number of rotatable bonds is 0. The molecule has 0 spiro atoms. The molecule has 15 heavy (non-hydrogen) atoms. The number of carbonyl (C=O) groups is 2. The Morgan fingerprint density at radius 1 is 1.40 bits per heavy atom.